The van der Waals surface area contributed by atoms with E-state index in [2.05, 4.69) is 112 Å². The lowest BCUT2D eigenvalue weighted by Gasteiger charge is -2.33. The molecule has 4 aromatic rings. The topological polar surface area (TPSA) is 42.3 Å². The minimum atomic E-state index is -1.63. The van der Waals surface area contributed by atoms with Gasteiger partial charge in [-0.2, -0.15) is 4.57 Å². The van der Waals surface area contributed by atoms with Crippen LogP contribution in [-0.2, 0) is 0 Å². The highest BCUT2D eigenvalue weighted by molar-refractivity contribution is 6.89. The van der Waals surface area contributed by atoms with E-state index in [0.717, 1.165) is 58.5 Å². The van der Waals surface area contributed by atoms with E-state index in [-0.39, 0.29) is 12.0 Å². The van der Waals surface area contributed by atoms with Gasteiger partial charge < -0.3 is 4.42 Å². The molecule has 3 aromatic heterocycles. The highest BCUT2D eigenvalue weighted by Crippen LogP contribution is 2.45. The first-order valence-electron chi connectivity index (χ1n) is 15.8. The van der Waals surface area contributed by atoms with Crippen LogP contribution in [0.15, 0.2) is 107 Å². The fraction of sp³-hybridized carbons (Fsp3) is 0.308. The molecule has 0 radical (unpaired) electrons. The maximum atomic E-state index is 6.42. The number of benzene rings is 1. The number of aliphatic imine (C=N–C) groups is 1. The smallest absolute Gasteiger partial charge is 0.226 e. The Hall–Kier alpha value is -4.09. The zero-order valence-electron chi connectivity index (χ0n) is 27.1. The van der Waals surface area contributed by atoms with E-state index < -0.39 is 8.07 Å². The molecule has 0 bridgehead atoms. The first-order valence-corrected chi connectivity index (χ1v) is 19.3. The average molecular weight is 599 g/mol. The number of rotatable bonds is 5. The fourth-order valence-electron chi connectivity index (χ4n) is 7.24. The van der Waals surface area contributed by atoms with Gasteiger partial charge in [-0.15, -0.1) is 0 Å². The van der Waals surface area contributed by atoms with E-state index in [1.54, 1.807) is 6.20 Å². The Morgan fingerprint density at radius 2 is 1.84 bits per heavy atom. The molecule has 0 N–H and O–H groups in total. The summed E-state index contributed by atoms with van der Waals surface area (Å²) in [4.78, 5) is 9.67. The average Bonchev–Trinajstić information content (AvgIpc) is 3.33. The standard InChI is InChI=1S/C39H44N3OSi/c1-10-27-18-19-31-29-15-12-13-16-30(29)35-22-32(24(3)4)36(44(7,8)9)23-42(35)34(31)21-25(5)41-33(11-2)37(27)38-26(6)28-17-14-20-40-39(28)43-38/h10-17,20,22-24,31,34H,1-2,5,18-19,21H2,3-4,6-9H3/q+1. The summed E-state index contributed by atoms with van der Waals surface area (Å²) in [6.07, 6.45) is 10.6. The number of aromatic nitrogens is 2. The van der Waals surface area contributed by atoms with Crippen molar-refractivity contribution < 1.29 is 8.98 Å². The number of fused-ring (bicyclic) bond motifs is 7. The lowest BCUT2D eigenvalue weighted by molar-refractivity contribution is -0.717. The van der Waals surface area contributed by atoms with Gasteiger partial charge in [0.05, 0.1) is 20.2 Å². The lowest BCUT2D eigenvalue weighted by Crippen LogP contribution is -2.54. The van der Waals surface area contributed by atoms with Crippen molar-refractivity contribution in [3.8, 4) is 11.3 Å². The number of nitrogens with zero attached hydrogens (tertiary/aromatic N) is 3. The second-order valence-electron chi connectivity index (χ2n) is 13.6. The van der Waals surface area contributed by atoms with Crippen LogP contribution in [0.2, 0.25) is 19.6 Å². The largest absolute Gasteiger partial charge is 0.437 e. The molecule has 0 fully saturated rings. The number of allylic oxidation sites excluding steroid dienone is 5. The van der Waals surface area contributed by atoms with Crippen LogP contribution in [0.1, 0.15) is 73.4 Å². The SMILES string of the molecule is C=CC1=NC(=C)CC2C(CCC(C=C)=C1c1oc3ncccc3c1C)c1ccccc1-c1cc(C(C)C)c([Si](C)(C)C)c[n+]12. The van der Waals surface area contributed by atoms with E-state index in [1.165, 1.54) is 27.6 Å². The molecular weight excluding hydrogens is 555 g/mol. The van der Waals surface area contributed by atoms with Crippen LogP contribution in [0.25, 0.3) is 27.9 Å². The molecule has 2 atom stereocenters. The second kappa shape index (κ2) is 11.4. The van der Waals surface area contributed by atoms with Gasteiger partial charge in [0.2, 0.25) is 11.4 Å². The van der Waals surface area contributed by atoms with Crippen LogP contribution in [0.3, 0.4) is 0 Å². The summed E-state index contributed by atoms with van der Waals surface area (Å²) in [5.41, 5.74) is 10.8. The van der Waals surface area contributed by atoms with Gasteiger partial charge in [0.1, 0.15) is 5.76 Å². The Morgan fingerprint density at radius 1 is 1.07 bits per heavy atom. The van der Waals surface area contributed by atoms with Crippen molar-refractivity contribution in [1.82, 2.24) is 4.98 Å². The van der Waals surface area contributed by atoms with Crippen molar-refractivity contribution in [2.45, 2.75) is 77.6 Å². The first kappa shape index (κ1) is 30.0. The van der Waals surface area contributed by atoms with Gasteiger partial charge in [0.15, 0.2) is 12.2 Å². The molecule has 0 amide bonds. The van der Waals surface area contributed by atoms with Crippen molar-refractivity contribution in [2.75, 3.05) is 0 Å². The summed E-state index contributed by atoms with van der Waals surface area (Å²) < 4.78 is 8.99. The molecule has 5 heteroatoms. The third kappa shape index (κ3) is 5.07. The summed E-state index contributed by atoms with van der Waals surface area (Å²) in [5.74, 6) is 1.53. The van der Waals surface area contributed by atoms with Crippen molar-refractivity contribution in [3.05, 3.63) is 120 Å². The maximum absolute atomic E-state index is 6.42. The highest BCUT2D eigenvalue weighted by atomic mass is 28.3. The van der Waals surface area contributed by atoms with Gasteiger partial charge in [0.25, 0.3) is 0 Å². The minimum Gasteiger partial charge on any atom is -0.437 e. The molecule has 4 nitrogen and oxygen atoms in total. The summed E-state index contributed by atoms with van der Waals surface area (Å²) in [5, 5.41) is 2.54. The minimum absolute atomic E-state index is 0.197. The molecule has 0 spiro atoms. The molecule has 0 aliphatic carbocycles. The summed E-state index contributed by atoms with van der Waals surface area (Å²) in [6, 6.07) is 15.7. The van der Waals surface area contributed by atoms with Gasteiger partial charge in [-0.25, -0.2) is 4.98 Å². The molecule has 2 aliphatic rings. The molecule has 2 unspecified atom stereocenters. The molecule has 2 aliphatic heterocycles. The van der Waals surface area contributed by atoms with Gasteiger partial charge >= 0.3 is 0 Å². The summed E-state index contributed by atoms with van der Waals surface area (Å²) in [7, 11) is -1.63. The molecule has 44 heavy (non-hydrogen) atoms. The molecule has 1 aromatic carbocycles. The summed E-state index contributed by atoms with van der Waals surface area (Å²) in [6.45, 7) is 27.1. The number of pyridine rings is 2. The van der Waals surface area contributed by atoms with Crippen LogP contribution < -0.4 is 9.75 Å². The van der Waals surface area contributed by atoms with Gasteiger partial charge in [0, 0.05) is 51.2 Å². The van der Waals surface area contributed by atoms with Crippen LogP contribution in [0.4, 0.5) is 0 Å². The van der Waals surface area contributed by atoms with Crippen LogP contribution in [0, 0.1) is 6.92 Å². The highest BCUT2D eigenvalue weighted by Gasteiger charge is 2.42. The molecular formula is C39H44N3OSi+. The van der Waals surface area contributed by atoms with E-state index >= 15 is 0 Å². The van der Waals surface area contributed by atoms with Crippen LogP contribution in [0.5, 0.6) is 0 Å². The predicted molar refractivity (Wildman–Crippen MR) is 187 cm³/mol. The van der Waals surface area contributed by atoms with Crippen molar-refractivity contribution in [3.63, 3.8) is 0 Å². The Labute approximate surface area is 263 Å². The van der Waals surface area contributed by atoms with Gasteiger partial charge in [-0.05, 0) is 66.7 Å². The van der Waals surface area contributed by atoms with E-state index in [4.69, 9.17) is 9.41 Å². The number of furan rings is 1. The van der Waals surface area contributed by atoms with Crippen molar-refractivity contribution in [2.24, 2.45) is 4.99 Å². The third-order valence-corrected chi connectivity index (χ3v) is 11.5. The van der Waals surface area contributed by atoms with E-state index in [1.807, 2.05) is 18.2 Å². The van der Waals surface area contributed by atoms with Crippen LogP contribution in [-0.4, -0.2) is 18.8 Å². The number of hydrogen-bond donors (Lipinski definition) is 0. The first-order chi connectivity index (χ1) is 21.0. The normalized spacial score (nSPS) is 18.9. The van der Waals surface area contributed by atoms with Crippen molar-refractivity contribution in [1.29, 1.82) is 0 Å². The van der Waals surface area contributed by atoms with E-state index in [9.17, 15) is 0 Å². The third-order valence-electron chi connectivity index (χ3n) is 9.44. The maximum Gasteiger partial charge on any atom is 0.226 e. The van der Waals surface area contributed by atoms with Gasteiger partial charge in [-0.3, -0.25) is 4.99 Å². The summed E-state index contributed by atoms with van der Waals surface area (Å²) >= 11 is 0. The van der Waals surface area contributed by atoms with Crippen molar-refractivity contribution >= 4 is 35.6 Å². The predicted octanol–water partition coefficient (Wildman–Crippen LogP) is 9.36. The number of aryl methyl sites for hydroxylation is 1. The quantitative estimate of drug-likeness (QED) is 0.170. The fourth-order valence-corrected chi connectivity index (χ4v) is 8.99. The molecule has 224 valence electrons. The second-order valence-corrected chi connectivity index (χ2v) is 18.7. The Balaban J connectivity index is 1.56. The molecule has 0 saturated carbocycles. The van der Waals surface area contributed by atoms with Gasteiger partial charge in [-0.1, -0.05) is 77.5 Å². The molecule has 5 heterocycles. The van der Waals surface area contributed by atoms with Crippen LogP contribution >= 0.6 is 0 Å². The Kier molecular flexibility index (Phi) is 7.79. The number of hydrogen-bond acceptors (Lipinski definition) is 3. The zero-order valence-corrected chi connectivity index (χ0v) is 28.1. The molecule has 6 rings (SSSR count). The molecule has 0 saturated heterocycles. The Bertz CT molecular complexity index is 1880. The Morgan fingerprint density at radius 3 is 2.52 bits per heavy atom. The lowest BCUT2D eigenvalue weighted by atomic mass is 9.77. The zero-order chi connectivity index (χ0) is 31.3. The monoisotopic (exact) mass is 598 g/mol. The van der Waals surface area contributed by atoms with E-state index in [0.29, 0.717) is 11.6 Å².